The average Bonchev–Trinajstić information content (AvgIpc) is 2.62. The van der Waals surface area contributed by atoms with Crippen LogP contribution in [-0.4, -0.2) is 37.0 Å². The van der Waals surface area contributed by atoms with Crippen molar-refractivity contribution in [2.45, 2.75) is 18.9 Å². The number of likely N-dealkylation sites (N-methyl/N-ethyl adjacent to an activating group) is 1. The molecule has 1 aliphatic heterocycles. The topological polar surface area (TPSA) is 41.6 Å². The largest absolute Gasteiger partial charge is 0.457 e. The highest BCUT2D eigenvalue weighted by Crippen LogP contribution is 2.27. The minimum atomic E-state index is 0.0384. The molecule has 23 heavy (non-hydrogen) atoms. The molecular formula is C19H22N2O2. The molecule has 0 spiro atoms. The lowest BCUT2D eigenvalue weighted by Crippen LogP contribution is -2.47. The smallest absolute Gasteiger partial charge is 0.257 e. The first kappa shape index (κ1) is 15.6. The van der Waals surface area contributed by atoms with Crippen molar-refractivity contribution in [3.8, 4) is 11.5 Å². The Bertz CT molecular complexity index is 657. The maximum absolute atomic E-state index is 12.9. The van der Waals surface area contributed by atoms with Crippen molar-refractivity contribution in [2.75, 3.05) is 20.1 Å². The highest BCUT2D eigenvalue weighted by atomic mass is 16.5. The van der Waals surface area contributed by atoms with Gasteiger partial charge in [-0.2, -0.15) is 0 Å². The molecule has 0 aromatic heterocycles. The summed E-state index contributed by atoms with van der Waals surface area (Å²) in [7, 11) is 1.95. The van der Waals surface area contributed by atoms with Gasteiger partial charge in [0.05, 0.1) is 5.56 Å². The Morgan fingerprint density at radius 1 is 1.13 bits per heavy atom. The van der Waals surface area contributed by atoms with Crippen LogP contribution in [0.2, 0.25) is 0 Å². The van der Waals surface area contributed by atoms with E-state index in [1.54, 1.807) is 0 Å². The molecule has 4 heteroatoms. The molecule has 2 aromatic carbocycles. The number of hydrogen-bond donors (Lipinski definition) is 1. The standard InChI is InChI=1S/C19H22N2O2/c1-20-15-8-7-13-21(14-15)19(22)17-11-5-6-12-18(17)23-16-9-3-2-4-10-16/h2-6,9-12,15,20H,7-8,13-14H2,1H3. The first-order valence-electron chi connectivity index (χ1n) is 8.06. The van der Waals surface area contributed by atoms with Gasteiger partial charge in [0.25, 0.3) is 5.91 Å². The van der Waals surface area contributed by atoms with E-state index >= 15 is 0 Å². The van der Waals surface area contributed by atoms with E-state index < -0.39 is 0 Å². The van der Waals surface area contributed by atoms with Gasteiger partial charge in [-0.3, -0.25) is 4.79 Å². The predicted octanol–water partition coefficient (Wildman–Crippen LogP) is 3.30. The lowest BCUT2D eigenvalue weighted by molar-refractivity contribution is 0.0695. The molecule has 0 aliphatic carbocycles. The maximum Gasteiger partial charge on any atom is 0.257 e. The number of likely N-dealkylation sites (tertiary alicyclic amines) is 1. The van der Waals surface area contributed by atoms with Crippen LogP contribution in [0.5, 0.6) is 11.5 Å². The Kier molecular flexibility index (Phi) is 4.93. The third-order valence-electron chi connectivity index (χ3n) is 4.21. The molecule has 1 amide bonds. The third-order valence-corrected chi connectivity index (χ3v) is 4.21. The van der Waals surface area contributed by atoms with E-state index in [9.17, 15) is 4.79 Å². The van der Waals surface area contributed by atoms with E-state index in [2.05, 4.69) is 5.32 Å². The SMILES string of the molecule is CNC1CCCN(C(=O)c2ccccc2Oc2ccccc2)C1. The molecule has 1 heterocycles. The summed E-state index contributed by atoms with van der Waals surface area (Å²) in [4.78, 5) is 14.8. The summed E-state index contributed by atoms with van der Waals surface area (Å²) in [6.45, 7) is 1.55. The van der Waals surface area contributed by atoms with E-state index in [1.165, 1.54) is 0 Å². The fourth-order valence-corrected chi connectivity index (χ4v) is 2.92. The maximum atomic E-state index is 12.9. The second-order valence-electron chi connectivity index (χ2n) is 5.79. The lowest BCUT2D eigenvalue weighted by Gasteiger charge is -2.33. The number of ether oxygens (including phenoxy) is 1. The summed E-state index contributed by atoms with van der Waals surface area (Å²) in [5, 5.41) is 3.27. The second-order valence-corrected chi connectivity index (χ2v) is 5.79. The highest BCUT2D eigenvalue weighted by Gasteiger charge is 2.25. The molecule has 3 rings (SSSR count). The van der Waals surface area contributed by atoms with Crippen LogP contribution < -0.4 is 10.1 Å². The van der Waals surface area contributed by atoms with Crippen LogP contribution in [0, 0.1) is 0 Å². The fourth-order valence-electron chi connectivity index (χ4n) is 2.92. The summed E-state index contributed by atoms with van der Waals surface area (Å²) in [5.41, 5.74) is 0.619. The first-order chi connectivity index (χ1) is 11.3. The van der Waals surface area contributed by atoms with Gasteiger partial charge in [-0.15, -0.1) is 0 Å². The summed E-state index contributed by atoms with van der Waals surface area (Å²) in [6, 6.07) is 17.4. The molecule has 1 N–H and O–H groups in total. The average molecular weight is 310 g/mol. The number of carbonyl (C=O) groups is 1. The van der Waals surface area contributed by atoms with Crippen LogP contribution >= 0.6 is 0 Å². The number of rotatable bonds is 4. The Morgan fingerprint density at radius 2 is 1.87 bits per heavy atom. The van der Waals surface area contributed by atoms with Crippen molar-refractivity contribution in [3.05, 3.63) is 60.2 Å². The van der Waals surface area contributed by atoms with Crippen molar-refractivity contribution >= 4 is 5.91 Å². The van der Waals surface area contributed by atoms with Crippen molar-refractivity contribution in [1.29, 1.82) is 0 Å². The van der Waals surface area contributed by atoms with E-state index in [4.69, 9.17) is 4.74 Å². The zero-order valence-corrected chi connectivity index (χ0v) is 13.4. The molecule has 0 saturated carbocycles. The highest BCUT2D eigenvalue weighted by molar-refractivity contribution is 5.97. The minimum Gasteiger partial charge on any atom is -0.457 e. The van der Waals surface area contributed by atoms with E-state index in [1.807, 2.05) is 66.5 Å². The zero-order valence-electron chi connectivity index (χ0n) is 13.4. The molecule has 1 fully saturated rings. The molecule has 0 radical (unpaired) electrons. The van der Waals surface area contributed by atoms with E-state index in [0.717, 1.165) is 31.7 Å². The number of amides is 1. The van der Waals surface area contributed by atoms with Gasteiger partial charge in [-0.05, 0) is 44.2 Å². The van der Waals surface area contributed by atoms with Crippen molar-refractivity contribution in [1.82, 2.24) is 10.2 Å². The van der Waals surface area contributed by atoms with Gasteiger partial charge < -0.3 is 15.0 Å². The normalized spacial score (nSPS) is 17.8. The Labute approximate surface area is 137 Å². The van der Waals surface area contributed by atoms with Gasteiger partial charge in [-0.1, -0.05) is 30.3 Å². The summed E-state index contributed by atoms with van der Waals surface area (Å²) < 4.78 is 5.91. The minimum absolute atomic E-state index is 0.0384. The third kappa shape index (κ3) is 3.71. The van der Waals surface area contributed by atoms with Crippen LogP contribution in [0.4, 0.5) is 0 Å². The summed E-state index contributed by atoms with van der Waals surface area (Å²) >= 11 is 0. The van der Waals surface area contributed by atoms with Crippen LogP contribution in [0.15, 0.2) is 54.6 Å². The molecule has 1 atom stereocenters. The Morgan fingerprint density at radius 3 is 2.65 bits per heavy atom. The Balaban J connectivity index is 1.80. The van der Waals surface area contributed by atoms with Crippen LogP contribution in [0.3, 0.4) is 0 Å². The summed E-state index contributed by atoms with van der Waals surface area (Å²) in [6.07, 6.45) is 2.14. The molecule has 4 nitrogen and oxygen atoms in total. The number of piperidine rings is 1. The quantitative estimate of drug-likeness (QED) is 0.942. The summed E-state index contributed by atoms with van der Waals surface area (Å²) in [5.74, 6) is 1.38. The molecular weight excluding hydrogens is 288 g/mol. The number of nitrogens with zero attached hydrogens (tertiary/aromatic N) is 1. The van der Waals surface area contributed by atoms with Crippen molar-refractivity contribution < 1.29 is 9.53 Å². The fraction of sp³-hybridized carbons (Fsp3) is 0.316. The van der Waals surface area contributed by atoms with E-state index in [-0.39, 0.29) is 5.91 Å². The zero-order chi connectivity index (χ0) is 16.1. The number of hydrogen-bond acceptors (Lipinski definition) is 3. The van der Waals surface area contributed by atoms with Gasteiger partial charge in [0.2, 0.25) is 0 Å². The molecule has 2 aromatic rings. The molecule has 1 saturated heterocycles. The van der Waals surface area contributed by atoms with Crippen LogP contribution in [0.25, 0.3) is 0 Å². The van der Waals surface area contributed by atoms with Crippen molar-refractivity contribution in [2.24, 2.45) is 0 Å². The second kappa shape index (κ2) is 7.29. The van der Waals surface area contributed by atoms with Crippen molar-refractivity contribution in [3.63, 3.8) is 0 Å². The Hall–Kier alpha value is -2.33. The van der Waals surface area contributed by atoms with Crippen LogP contribution in [0.1, 0.15) is 23.2 Å². The van der Waals surface area contributed by atoms with E-state index in [0.29, 0.717) is 17.4 Å². The first-order valence-corrected chi connectivity index (χ1v) is 8.06. The van der Waals surface area contributed by atoms with Gasteiger partial charge in [0.15, 0.2) is 0 Å². The van der Waals surface area contributed by atoms with Gasteiger partial charge in [-0.25, -0.2) is 0 Å². The van der Waals surface area contributed by atoms with Crippen LogP contribution in [-0.2, 0) is 0 Å². The predicted molar refractivity (Wildman–Crippen MR) is 90.9 cm³/mol. The van der Waals surface area contributed by atoms with Gasteiger partial charge >= 0.3 is 0 Å². The molecule has 120 valence electrons. The molecule has 1 unspecified atom stereocenters. The number of para-hydroxylation sites is 2. The molecule has 1 aliphatic rings. The van der Waals surface area contributed by atoms with Gasteiger partial charge in [0.1, 0.15) is 11.5 Å². The number of nitrogens with one attached hydrogen (secondary N) is 1. The molecule has 0 bridgehead atoms. The van der Waals surface area contributed by atoms with Gasteiger partial charge in [0, 0.05) is 19.1 Å². The number of benzene rings is 2. The lowest BCUT2D eigenvalue weighted by atomic mass is 10.0. The monoisotopic (exact) mass is 310 g/mol. The number of carbonyl (C=O) groups excluding carboxylic acids is 1.